The summed E-state index contributed by atoms with van der Waals surface area (Å²) < 4.78 is 21.8. The van der Waals surface area contributed by atoms with Gasteiger partial charge in [-0.2, -0.15) is 0 Å². The molecule has 2 N–H and O–H groups in total. The van der Waals surface area contributed by atoms with Crippen LogP contribution < -0.4 is 0 Å². The Balaban J connectivity index is 3.89. The van der Waals surface area contributed by atoms with Gasteiger partial charge in [0.05, 0.1) is 11.4 Å². The fourth-order valence-electron chi connectivity index (χ4n) is 2.11. The lowest BCUT2D eigenvalue weighted by Gasteiger charge is -2.01. The third-order valence-electron chi connectivity index (χ3n) is 3.59. The summed E-state index contributed by atoms with van der Waals surface area (Å²) >= 11 is 0. The van der Waals surface area contributed by atoms with Gasteiger partial charge in [-0.3, -0.25) is 0 Å². The molecule has 0 saturated heterocycles. The highest BCUT2D eigenvalue weighted by Crippen LogP contribution is 2.24. The van der Waals surface area contributed by atoms with E-state index in [0.717, 1.165) is 51.4 Å². The van der Waals surface area contributed by atoms with Crippen LogP contribution in [0.2, 0.25) is 0 Å². The van der Waals surface area contributed by atoms with Crippen molar-refractivity contribution in [2.45, 2.75) is 78.1 Å². The fraction of sp³-hybridized carbons (Fsp3) is 0.875. The van der Waals surface area contributed by atoms with Gasteiger partial charge in [0.15, 0.2) is 0 Å². The Morgan fingerprint density at radius 3 is 1.54 bits per heavy atom. The standard InChI is InChI=1S/C16H31N2O5P/c1-3-5-7-9-11-15(17-19)13-22-24(21)23-14-16(18-20)12-10-8-6-4-2/h3-14H2,1-2H3,(H-,19,20)/p+1. The molecule has 0 heterocycles. The molecule has 0 unspecified atom stereocenters. The molecule has 0 saturated carbocycles. The molecule has 0 aliphatic carbocycles. The first-order chi connectivity index (χ1) is 11.7. The predicted molar refractivity (Wildman–Crippen MR) is 95.5 cm³/mol. The van der Waals surface area contributed by atoms with E-state index in [0.29, 0.717) is 24.3 Å². The maximum absolute atomic E-state index is 11.7. The molecule has 0 radical (unpaired) electrons. The van der Waals surface area contributed by atoms with Crippen LogP contribution in [-0.2, 0) is 13.6 Å². The van der Waals surface area contributed by atoms with Gasteiger partial charge >= 0.3 is 8.25 Å². The van der Waals surface area contributed by atoms with Crippen molar-refractivity contribution in [2.24, 2.45) is 10.3 Å². The summed E-state index contributed by atoms with van der Waals surface area (Å²) in [5.41, 5.74) is 0.905. The summed E-state index contributed by atoms with van der Waals surface area (Å²) in [5.74, 6) is 0. The zero-order valence-electron chi connectivity index (χ0n) is 14.9. The van der Waals surface area contributed by atoms with Gasteiger partial charge in [-0.05, 0) is 25.7 Å². The van der Waals surface area contributed by atoms with Crippen LogP contribution in [0, 0.1) is 0 Å². The number of rotatable bonds is 16. The van der Waals surface area contributed by atoms with Gasteiger partial charge in [0.2, 0.25) is 0 Å². The van der Waals surface area contributed by atoms with Crippen LogP contribution in [0.1, 0.15) is 78.1 Å². The largest absolute Gasteiger partial charge is 0.698 e. The highest BCUT2D eigenvalue weighted by molar-refractivity contribution is 7.33. The highest BCUT2D eigenvalue weighted by Gasteiger charge is 2.23. The minimum atomic E-state index is -2.33. The summed E-state index contributed by atoms with van der Waals surface area (Å²) in [7, 11) is -2.33. The molecule has 0 aromatic heterocycles. The molecule has 0 fully saturated rings. The third kappa shape index (κ3) is 13.4. The summed E-state index contributed by atoms with van der Waals surface area (Å²) in [6.45, 7) is 4.19. The van der Waals surface area contributed by atoms with E-state index in [1.807, 2.05) is 0 Å². The maximum Gasteiger partial charge on any atom is 0.698 e. The molecule has 0 spiro atoms. The third-order valence-corrected chi connectivity index (χ3v) is 4.27. The molecule has 0 rings (SSSR count). The van der Waals surface area contributed by atoms with Gasteiger partial charge in [0.25, 0.3) is 0 Å². The van der Waals surface area contributed by atoms with E-state index < -0.39 is 8.25 Å². The second kappa shape index (κ2) is 16.8. The minimum absolute atomic E-state index is 0.0278. The van der Waals surface area contributed by atoms with Gasteiger partial charge < -0.3 is 10.4 Å². The Kier molecular flexibility index (Phi) is 16.1. The second-order valence-electron chi connectivity index (χ2n) is 5.72. The number of unbranched alkanes of at least 4 members (excludes halogenated alkanes) is 6. The molecule has 0 atom stereocenters. The Bertz CT molecular complexity index is 355. The van der Waals surface area contributed by atoms with Gasteiger partial charge in [0.1, 0.15) is 13.2 Å². The quantitative estimate of drug-likeness (QED) is 0.128. The zero-order valence-corrected chi connectivity index (χ0v) is 15.8. The number of hydrogen-bond donors (Lipinski definition) is 2. The van der Waals surface area contributed by atoms with E-state index in [2.05, 4.69) is 24.2 Å². The molecule has 7 nitrogen and oxygen atoms in total. The molecule has 8 heteroatoms. The Hall–Kier alpha value is -1.04. The molecule has 0 amide bonds. The molecule has 24 heavy (non-hydrogen) atoms. The Morgan fingerprint density at radius 2 is 1.21 bits per heavy atom. The summed E-state index contributed by atoms with van der Waals surface area (Å²) in [4.78, 5) is 0. The highest BCUT2D eigenvalue weighted by atomic mass is 31.1. The van der Waals surface area contributed by atoms with Crippen molar-refractivity contribution >= 4 is 19.7 Å². The van der Waals surface area contributed by atoms with E-state index in [1.54, 1.807) is 0 Å². The summed E-state index contributed by atoms with van der Waals surface area (Å²) in [5, 5.41) is 24.2. The predicted octanol–water partition coefficient (Wildman–Crippen LogP) is 5.28. The smallest absolute Gasteiger partial charge is 0.411 e. The van der Waals surface area contributed by atoms with E-state index >= 15 is 0 Å². The average Bonchev–Trinajstić information content (AvgIpc) is 2.60. The molecule has 0 aliphatic heterocycles. The molecule has 0 bridgehead atoms. The van der Waals surface area contributed by atoms with Crippen molar-refractivity contribution in [3.8, 4) is 0 Å². The topological polar surface area (TPSA) is 101 Å². The first-order valence-electron chi connectivity index (χ1n) is 8.80. The zero-order chi connectivity index (χ0) is 18.0. The monoisotopic (exact) mass is 363 g/mol. The summed E-state index contributed by atoms with van der Waals surface area (Å²) in [6, 6.07) is 0. The number of oxime groups is 2. The first-order valence-corrected chi connectivity index (χ1v) is 9.90. The van der Waals surface area contributed by atoms with Gasteiger partial charge in [-0.25, -0.2) is 0 Å². The van der Waals surface area contributed by atoms with Crippen molar-refractivity contribution in [3.63, 3.8) is 0 Å². The van der Waals surface area contributed by atoms with Crippen molar-refractivity contribution in [1.29, 1.82) is 0 Å². The second-order valence-corrected chi connectivity index (χ2v) is 6.69. The van der Waals surface area contributed by atoms with Gasteiger partial charge in [-0.1, -0.05) is 62.7 Å². The van der Waals surface area contributed by atoms with E-state index in [-0.39, 0.29) is 13.2 Å². The molecule has 0 aliphatic rings. The normalized spacial score (nSPS) is 13.3. The molecular formula is C16H32N2O5P+. The lowest BCUT2D eigenvalue weighted by atomic mass is 10.1. The van der Waals surface area contributed by atoms with Gasteiger partial charge in [0, 0.05) is 4.57 Å². The van der Waals surface area contributed by atoms with Crippen LogP contribution in [0.5, 0.6) is 0 Å². The van der Waals surface area contributed by atoms with Crippen LogP contribution in [0.3, 0.4) is 0 Å². The first kappa shape index (κ1) is 23.0. The maximum atomic E-state index is 11.7. The minimum Gasteiger partial charge on any atom is -0.411 e. The Labute approximate surface area is 146 Å². The van der Waals surface area contributed by atoms with Crippen molar-refractivity contribution in [1.82, 2.24) is 0 Å². The van der Waals surface area contributed by atoms with Crippen LogP contribution in [0.25, 0.3) is 0 Å². The van der Waals surface area contributed by atoms with E-state index in [9.17, 15) is 4.57 Å². The van der Waals surface area contributed by atoms with Crippen LogP contribution in [0.4, 0.5) is 0 Å². The van der Waals surface area contributed by atoms with Crippen molar-refractivity contribution < 1.29 is 24.0 Å². The van der Waals surface area contributed by atoms with Crippen molar-refractivity contribution in [2.75, 3.05) is 13.2 Å². The fourth-order valence-corrected chi connectivity index (χ4v) is 2.69. The van der Waals surface area contributed by atoms with E-state index in [1.165, 1.54) is 0 Å². The number of nitrogens with zero attached hydrogens (tertiary/aromatic N) is 2. The van der Waals surface area contributed by atoms with E-state index in [4.69, 9.17) is 19.5 Å². The average molecular weight is 363 g/mol. The van der Waals surface area contributed by atoms with Crippen LogP contribution in [-0.4, -0.2) is 35.1 Å². The van der Waals surface area contributed by atoms with Gasteiger partial charge in [-0.15, -0.1) is 9.05 Å². The molecule has 0 aromatic rings. The molecule has 0 aromatic carbocycles. The Morgan fingerprint density at radius 1 is 0.792 bits per heavy atom. The van der Waals surface area contributed by atoms with Crippen molar-refractivity contribution in [3.05, 3.63) is 0 Å². The lowest BCUT2D eigenvalue weighted by Crippen LogP contribution is -2.09. The SMILES string of the molecule is CCCCCCC(CO[P+](=O)OCC(CCCCCC)=NO)=NO. The van der Waals surface area contributed by atoms with Crippen LogP contribution >= 0.6 is 8.25 Å². The molecule has 140 valence electrons. The summed E-state index contributed by atoms with van der Waals surface area (Å²) in [6.07, 6.45) is 9.71. The molecular weight excluding hydrogens is 331 g/mol. The number of hydrogen-bond acceptors (Lipinski definition) is 7. The lowest BCUT2D eigenvalue weighted by molar-refractivity contribution is 0.258. The van der Waals surface area contributed by atoms with Crippen LogP contribution in [0.15, 0.2) is 10.3 Å².